The summed E-state index contributed by atoms with van der Waals surface area (Å²) in [6, 6.07) is 23.5. The van der Waals surface area contributed by atoms with Crippen molar-refractivity contribution in [3.8, 4) is 0 Å². The van der Waals surface area contributed by atoms with Gasteiger partial charge >= 0.3 is 0 Å². The molecule has 0 fully saturated rings. The first kappa shape index (κ1) is 20.4. The fourth-order valence-corrected chi connectivity index (χ4v) is 4.76. The van der Waals surface area contributed by atoms with Crippen LogP contribution in [0.4, 0.5) is 5.82 Å². The molecule has 3 heterocycles. The number of benzene rings is 3. The Labute approximate surface area is 196 Å². The molecule has 1 aliphatic rings. The number of rotatable bonds is 5. The molecule has 6 rings (SSSR count). The van der Waals surface area contributed by atoms with E-state index in [0.717, 1.165) is 42.6 Å². The fraction of sp³-hybridized carbons (Fsp3) is 0.143. The van der Waals surface area contributed by atoms with Crippen LogP contribution in [0.3, 0.4) is 0 Å². The highest BCUT2D eigenvalue weighted by Gasteiger charge is 2.21. The minimum Gasteiger partial charge on any atom is -0.357 e. The van der Waals surface area contributed by atoms with Crippen LogP contribution in [-0.4, -0.2) is 34.0 Å². The monoisotopic (exact) mass is 448 g/mol. The van der Waals surface area contributed by atoms with Crippen LogP contribution in [-0.2, 0) is 13.0 Å². The van der Waals surface area contributed by atoms with E-state index in [9.17, 15) is 4.79 Å². The van der Waals surface area contributed by atoms with E-state index in [-0.39, 0.29) is 5.91 Å². The molecule has 6 heteroatoms. The van der Waals surface area contributed by atoms with Gasteiger partial charge in [0.15, 0.2) is 11.4 Å². The van der Waals surface area contributed by atoms with Crippen LogP contribution in [0.5, 0.6) is 0 Å². The van der Waals surface area contributed by atoms with Gasteiger partial charge in [0.25, 0.3) is 5.91 Å². The third-order valence-electron chi connectivity index (χ3n) is 6.54. The molecule has 1 amide bonds. The molecule has 0 saturated carbocycles. The number of hydrogen-bond acceptors (Lipinski definition) is 4. The molecule has 2 aromatic heterocycles. The number of hydrogen-bond donors (Lipinski definition) is 2. The highest BCUT2D eigenvalue weighted by molar-refractivity contribution is 6.07. The Morgan fingerprint density at radius 3 is 2.59 bits per heavy atom. The van der Waals surface area contributed by atoms with Crippen molar-refractivity contribution < 1.29 is 9.32 Å². The molecule has 6 nitrogen and oxygen atoms in total. The van der Waals surface area contributed by atoms with Crippen molar-refractivity contribution in [3.05, 3.63) is 102 Å². The first-order valence-electron chi connectivity index (χ1n) is 11.4. The van der Waals surface area contributed by atoms with Gasteiger partial charge in [-0.25, -0.2) is 0 Å². The number of fused-ring (bicyclic) bond motifs is 4. The molecule has 0 bridgehead atoms. The van der Waals surface area contributed by atoms with E-state index in [2.05, 4.69) is 51.2 Å². The van der Waals surface area contributed by atoms with Crippen molar-refractivity contribution in [2.24, 2.45) is 0 Å². The van der Waals surface area contributed by atoms with Crippen LogP contribution in [0.25, 0.3) is 27.4 Å². The topological polar surface area (TPSA) is 74.2 Å². The van der Waals surface area contributed by atoms with Gasteiger partial charge in [-0.1, -0.05) is 54.2 Å². The molecule has 0 spiro atoms. The van der Waals surface area contributed by atoms with Crippen molar-refractivity contribution in [1.82, 2.24) is 15.0 Å². The number of amides is 1. The number of anilines is 1. The summed E-state index contributed by atoms with van der Waals surface area (Å²) < 4.78 is 5.26. The molecule has 1 aliphatic heterocycles. The number of para-hydroxylation sites is 2. The Bertz CT molecular complexity index is 1530. The lowest BCUT2D eigenvalue weighted by atomic mass is 10.0. The second-order valence-electron chi connectivity index (χ2n) is 8.75. The van der Waals surface area contributed by atoms with E-state index in [0.29, 0.717) is 17.0 Å². The summed E-state index contributed by atoms with van der Waals surface area (Å²) in [5, 5.41) is 8.93. The normalized spacial score (nSPS) is 13.8. The Morgan fingerprint density at radius 2 is 1.74 bits per heavy atom. The molecular formula is C28H24N4O2. The lowest BCUT2D eigenvalue weighted by Crippen LogP contribution is -2.31. The molecule has 5 aromatic rings. The van der Waals surface area contributed by atoms with Crippen LogP contribution in [0.2, 0.25) is 0 Å². The lowest BCUT2D eigenvalue weighted by molar-refractivity contribution is 0.102. The second kappa shape index (κ2) is 8.32. The molecule has 0 atom stereocenters. The van der Waals surface area contributed by atoms with Gasteiger partial charge in [-0.05, 0) is 53.5 Å². The molecule has 0 aliphatic carbocycles. The van der Waals surface area contributed by atoms with Gasteiger partial charge in [0.1, 0.15) is 0 Å². The first-order chi connectivity index (χ1) is 16.7. The van der Waals surface area contributed by atoms with Gasteiger partial charge in [0.05, 0.1) is 5.39 Å². The Balaban J connectivity index is 1.11. The number of nitrogens with zero attached hydrogens (tertiary/aromatic N) is 2. The van der Waals surface area contributed by atoms with Crippen LogP contribution in [0.15, 0.2) is 83.9 Å². The number of carbonyl (C=O) groups is 1. The van der Waals surface area contributed by atoms with Crippen LogP contribution in [0.1, 0.15) is 27.2 Å². The Morgan fingerprint density at radius 1 is 1.00 bits per heavy atom. The van der Waals surface area contributed by atoms with Gasteiger partial charge in [0.2, 0.25) is 0 Å². The largest absolute Gasteiger partial charge is 0.357 e. The van der Waals surface area contributed by atoms with Crippen LogP contribution < -0.4 is 5.32 Å². The smallest absolute Gasteiger partial charge is 0.256 e. The van der Waals surface area contributed by atoms with Crippen molar-refractivity contribution in [2.45, 2.75) is 13.0 Å². The van der Waals surface area contributed by atoms with Gasteiger partial charge in [0, 0.05) is 41.8 Å². The maximum atomic E-state index is 12.7. The fourth-order valence-electron chi connectivity index (χ4n) is 4.76. The van der Waals surface area contributed by atoms with Crippen molar-refractivity contribution >= 4 is 39.2 Å². The zero-order chi connectivity index (χ0) is 23.1. The number of aromatic nitrogens is 2. The first-order valence-corrected chi connectivity index (χ1v) is 11.4. The molecule has 0 saturated heterocycles. The summed E-state index contributed by atoms with van der Waals surface area (Å²) >= 11 is 0. The third kappa shape index (κ3) is 3.68. The third-order valence-corrected chi connectivity index (χ3v) is 6.54. The summed E-state index contributed by atoms with van der Waals surface area (Å²) in [5.74, 6) is 0.203. The highest BCUT2D eigenvalue weighted by Crippen LogP contribution is 2.28. The quantitative estimate of drug-likeness (QED) is 0.365. The molecular weight excluding hydrogens is 424 g/mol. The van der Waals surface area contributed by atoms with Gasteiger partial charge in [-0.2, -0.15) is 0 Å². The number of carbonyl (C=O) groups excluding carboxylic acids is 1. The molecule has 34 heavy (non-hydrogen) atoms. The predicted molar refractivity (Wildman–Crippen MR) is 135 cm³/mol. The predicted octanol–water partition coefficient (Wildman–Crippen LogP) is 5.63. The van der Waals surface area contributed by atoms with Crippen LogP contribution in [0, 0.1) is 0 Å². The Hall–Kier alpha value is -4.16. The van der Waals surface area contributed by atoms with Gasteiger partial charge < -0.3 is 14.8 Å². The number of aromatic amines is 1. The van der Waals surface area contributed by atoms with Gasteiger partial charge in [-0.3, -0.25) is 9.69 Å². The number of nitrogens with one attached hydrogen (secondary N) is 2. The van der Waals surface area contributed by atoms with Crippen molar-refractivity contribution in [3.63, 3.8) is 0 Å². The number of H-pyrrole nitrogens is 1. The van der Waals surface area contributed by atoms with Crippen molar-refractivity contribution in [2.75, 3.05) is 18.4 Å². The average molecular weight is 449 g/mol. The average Bonchev–Trinajstić information content (AvgIpc) is 3.45. The summed E-state index contributed by atoms with van der Waals surface area (Å²) in [6.07, 6.45) is 1.03. The van der Waals surface area contributed by atoms with Crippen LogP contribution >= 0.6 is 0 Å². The van der Waals surface area contributed by atoms with E-state index in [1.807, 2.05) is 48.5 Å². The highest BCUT2D eigenvalue weighted by atomic mass is 16.5. The zero-order valence-electron chi connectivity index (χ0n) is 18.7. The SMILES string of the molecule is C=C(CN1CCc2c([nH]c3ccccc23)C1)c1ccc(C(=O)Nc2noc3ccccc23)cc1. The summed E-state index contributed by atoms with van der Waals surface area (Å²) in [4.78, 5) is 18.7. The Kier molecular flexibility index (Phi) is 5.00. The van der Waals surface area contributed by atoms with E-state index in [1.165, 1.54) is 22.2 Å². The summed E-state index contributed by atoms with van der Waals surface area (Å²) in [6.45, 7) is 6.98. The summed E-state index contributed by atoms with van der Waals surface area (Å²) in [7, 11) is 0. The standard InChI is InChI=1S/C28H24N4O2/c1-18(16-32-15-14-22-21-6-2-4-8-24(21)29-25(22)17-32)19-10-12-20(13-11-19)28(33)30-27-23-7-3-5-9-26(23)34-31-27/h2-13,29H,1,14-17H2,(H,30,31,33). The van der Waals surface area contributed by atoms with Gasteiger partial charge in [-0.15, -0.1) is 0 Å². The maximum Gasteiger partial charge on any atom is 0.256 e. The lowest BCUT2D eigenvalue weighted by Gasteiger charge is -2.27. The van der Waals surface area contributed by atoms with E-state index in [1.54, 1.807) is 0 Å². The van der Waals surface area contributed by atoms with E-state index < -0.39 is 0 Å². The summed E-state index contributed by atoms with van der Waals surface area (Å²) in [5.41, 5.74) is 7.21. The molecule has 3 aromatic carbocycles. The molecule has 2 N–H and O–H groups in total. The van der Waals surface area contributed by atoms with Crippen molar-refractivity contribution in [1.29, 1.82) is 0 Å². The zero-order valence-corrected chi connectivity index (χ0v) is 18.7. The maximum absolute atomic E-state index is 12.7. The minimum absolute atomic E-state index is 0.224. The molecule has 168 valence electrons. The van der Waals surface area contributed by atoms with E-state index in [4.69, 9.17) is 4.52 Å². The minimum atomic E-state index is -0.224. The van der Waals surface area contributed by atoms with E-state index >= 15 is 0 Å². The second-order valence-corrected chi connectivity index (χ2v) is 8.75. The molecule has 0 unspecified atom stereocenters. The molecule has 0 radical (unpaired) electrons.